The fourth-order valence-corrected chi connectivity index (χ4v) is 2.70. The van der Waals surface area contributed by atoms with E-state index in [9.17, 15) is 9.59 Å². The predicted molar refractivity (Wildman–Crippen MR) is 79.5 cm³/mol. The highest BCUT2D eigenvalue weighted by Gasteiger charge is 2.25. The summed E-state index contributed by atoms with van der Waals surface area (Å²) in [5.41, 5.74) is 0.505. The van der Waals surface area contributed by atoms with Gasteiger partial charge in [-0.25, -0.2) is 4.98 Å². The number of anilines is 1. The van der Waals surface area contributed by atoms with E-state index in [-0.39, 0.29) is 18.5 Å². The highest BCUT2D eigenvalue weighted by Crippen LogP contribution is 2.27. The molecular formula is C15H21N3O3. The fourth-order valence-electron chi connectivity index (χ4n) is 2.70. The van der Waals surface area contributed by atoms with Gasteiger partial charge in [0.2, 0.25) is 0 Å². The summed E-state index contributed by atoms with van der Waals surface area (Å²) in [5.74, 6) is -0.351. The maximum Gasteiger partial charge on any atom is 0.323 e. The number of rotatable bonds is 5. The van der Waals surface area contributed by atoms with Gasteiger partial charge in [0.1, 0.15) is 12.4 Å². The van der Waals surface area contributed by atoms with Crippen molar-refractivity contribution in [1.82, 2.24) is 9.88 Å². The smallest absolute Gasteiger partial charge is 0.323 e. The topological polar surface area (TPSA) is 73.7 Å². The van der Waals surface area contributed by atoms with Crippen LogP contribution in [0.3, 0.4) is 0 Å². The number of hydrogen-bond acceptors (Lipinski definition) is 4. The molecule has 0 aliphatic heterocycles. The van der Waals surface area contributed by atoms with Crippen molar-refractivity contribution in [2.24, 2.45) is 0 Å². The number of carboxylic acids is 1. The molecule has 0 radical (unpaired) electrons. The number of hydrogen-bond donors (Lipinski definition) is 1. The van der Waals surface area contributed by atoms with Crippen molar-refractivity contribution in [3.05, 3.63) is 23.9 Å². The van der Waals surface area contributed by atoms with E-state index in [1.807, 2.05) is 4.90 Å². The number of carbonyl (C=O) groups is 2. The molecule has 6 nitrogen and oxygen atoms in total. The first-order valence-electron chi connectivity index (χ1n) is 7.15. The van der Waals surface area contributed by atoms with Crippen LogP contribution in [-0.4, -0.2) is 53.5 Å². The third-order valence-corrected chi connectivity index (χ3v) is 3.77. The van der Waals surface area contributed by atoms with Crippen molar-refractivity contribution < 1.29 is 14.7 Å². The van der Waals surface area contributed by atoms with Crippen LogP contribution >= 0.6 is 0 Å². The van der Waals surface area contributed by atoms with Gasteiger partial charge in [0, 0.05) is 26.3 Å². The standard InChI is InChI=1S/C15H21N3O3/c1-17(2)15(21)11-7-8-13(16-9-11)18(10-14(19)20)12-5-3-4-6-12/h7-9,12H,3-6,10H2,1-2H3,(H,19,20). The minimum absolute atomic E-state index is 0.0569. The van der Waals surface area contributed by atoms with Crippen molar-refractivity contribution in [3.63, 3.8) is 0 Å². The highest BCUT2D eigenvalue weighted by molar-refractivity contribution is 5.93. The van der Waals surface area contributed by atoms with Gasteiger partial charge in [-0.15, -0.1) is 0 Å². The number of carbonyl (C=O) groups excluding carboxylic acids is 1. The lowest BCUT2D eigenvalue weighted by Gasteiger charge is -2.28. The summed E-state index contributed by atoms with van der Waals surface area (Å²) in [6, 6.07) is 3.66. The summed E-state index contributed by atoms with van der Waals surface area (Å²) in [5, 5.41) is 9.09. The van der Waals surface area contributed by atoms with Crippen LogP contribution < -0.4 is 4.90 Å². The highest BCUT2D eigenvalue weighted by atomic mass is 16.4. The van der Waals surface area contributed by atoms with Crippen LogP contribution in [0.1, 0.15) is 36.0 Å². The van der Waals surface area contributed by atoms with E-state index < -0.39 is 5.97 Å². The maximum atomic E-state index is 11.8. The number of pyridine rings is 1. The van der Waals surface area contributed by atoms with E-state index >= 15 is 0 Å². The lowest BCUT2D eigenvalue weighted by Crippen LogP contribution is -2.38. The van der Waals surface area contributed by atoms with Gasteiger partial charge in [-0.1, -0.05) is 12.8 Å². The Bertz CT molecular complexity index is 507. The summed E-state index contributed by atoms with van der Waals surface area (Å²) in [6.07, 6.45) is 5.75. The van der Waals surface area contributed by atoms with Crippen LogP contribution in [0, 0.1) is 0 Å². The molecule has 0 atom stereocenters. The van der Waals surface area contributed by atoms with E-state index in [0.717, 1.165) is 25.7 Å². The van der Waals surface area contributed by atoms with Crippen LogP contribution in [0.15, 0.2) is 18.3 Å². The molecule has 1 fully saturated rings. The zero-order valence-corrected chi connectivity index (χ0v) is 12.5. The quantitative estimate of drug-likeness (QED) is 0.892. The Labute approximate surface area is 124 Å². The summed E-state index contributed by atoms with van der Waals surface area (Å²) >= 11 is 0. The predicted octanol–water partition coefficient (Wildman–Crippen LogP) is 1.62. The lowest BCUT2D eigenvalue weighted by molar-refractivity contribution is -0.135. The van der Waals surface area contributed by atoms with Gasteiger partial charge in [-0.05, 0) is 25.0 Å². The molecule has 0 saturated heterocycles. The second kappa shape index (κ2) is 6.56. The molecule has 0 spiro atoms. The van der Waals surface area contributed by atoms with E-state index in [1.54, 1.807) is 26.2 Å². The first-order chi connectivity index (χ1) is 9.99. The van der Waals surface area contributed by atoms with Gasteiger partial charge < -0.3 is 14.9 Å². The molecule has 0 aromatic carbocycles. The molecule has 114 valence electrons. The molecule has 6 heteroatoms. The molecule has 1 aromatic heterocycles. The molecule has 0 bridgehead atoms. The Morgan fingerprint density at radius 2 is 1.95 bits per heavy atom. The normalized spacial score (nSPS) is 15.0. The molecular weight excluding hydrogens is 270 g/mol. The zero-order valence-electron chi connectivity index (χ0n) is 12.5. The van der Waals surface area contributed by atoms with E-state index in [4.69, 9.17) is 5.11 Å². The summed E-state index contributed by atoms with van der Waals surface area (Å²) in [4.78, 5) is 30.5. The van der Waals surface area contributed by atoms with Gasteiger partial charge in [-0.2, -0.15) is 0 Å². The fraction of sp³-hybridized carbons (Fsp3) is 0.533. The second-order valence-corrected chi connectivity index (χ2v) is 5.56. The molecule has 1 N–H and O–H groups in total. The molecule has 21 heavy (non-hydrogen) atoms. The number of amides is 1. The van der Waals surface area contributed by atoms with Crippen LogP contribution in [0.4, 0.5) is 5.82 Å². The molecule has 1 aliphatic rings. The van der Waals surface area contributed by atoms with Crippen LogP contribution in [0.5, 0.6) is 0 Å². The Hall–Kier alpha value is -2.11. The van der Waals surface area contributed by atoms with E-state index in [2.05, 4.69) is 4.98 Å². The average molecular weight is 291 g/mol. The molecule has 0 unspecified atom stereocenters. The number of nitrogens with zero attached hydrogens (tertiary/aromatic N) is 3. The summed E-state index contributed by atoms with van der Waals surface area (Å²) in [7, 11) is 3.37. The number of carboxylic acid groups (broad SMARTS) is 1. The van der Waals surface area contributed by atoms with Gasteiger partial charge in [0.15, 0.2) is 0 Å². The summed E-state index contributed by atoms with van der Waals surface area (Å²) in [6.45, 7) is -0.0569. The maximum absolute atomic E-state index is 11.8. The largest absolute Gasteiger partial charge is 0.480 e. The monoisotopic (exact) mass is 291 g/mol. The Morgan fingerprint density at radius 1 is 1.29 bits per heavy atom. The van der Waals surface area contributed by atoms with Crippen molar-refractivity contribution >= 4 is 17.7 Å². The third-order valence-electron chi connectivity index (χ3n) is 3.77. The number of aliphatic carboxylic acids is 1. The van der Waals surface area contributed by atoms with E-state index in [0.29, 0.717) is 11.4 Å². The molecule has 1 saturated carbocycles. The number of aromatic nitrogens is 1. The molecule has 1 heterocycles. The Balaban J connectivity index is 2.19. The minimum Gasteiger partial charge on any atom is -0.480 e. The molecule has 2 rings (SSSR count). The van der Waals surface area contributed by atoms with Crippen molar-refractivity contribution in [1.29, 1.82) is 0 Å². The van der Waals surface area contributed by atoms with Gasteiger partial charge >= 0.3 is 5.97 Å². The Kier molecular flexibility index (Phi) is 4.77. The molecule has 1 aliphatic carbocycles. The van der Waals surface area contributed by atoms with Crippen molar-refractivity contribution in [3.8, 4) is 0 Å². The molecule has 1 aromatic rings. The van der Waals surface area contributed by atoms with Crippen molar-refractivity contribution in [2.45, 2.75) is 31.7 Å². The Morgan fingerprint density at radius 3 is 2.43 bits per heavy atom. The van der Waals surface area contributed by atoms with Gasteiger partial charge in [0.05, 0.1) is 5.56 Å². The first-order valence-corrected chi connectivity index (χ1v) is 7.15. The summed E-state index contributed by atoms with van der Waals surface area (Å²) < 4.78 is 0. The average Bonchev–Trinajstić information content (AvgIpc) is 2.98. The minimum atomic E-state index is -0.864. The van der Waals surface area contributed by atoms with Gasteiger partial charge in [-0.3, -0.25) is 9.59 Å². The molecule has 1 amide bonds. The van der Waals surface area contributed by atoms with E-state index in [1.165, 1.54) is 11.1 Å². The first kappa shape index (κ1) is 15.3. The van der Waals surface area contributed by atoms with Crippen LogP contribution in [0.2, 0.25) is 0 Å². The zero-order chi connectivity index (χ0) is 15.4. The SMILES string of the molecule is CN(C)C(=O)c1ccc(N(CC(=O)O)C2CCCC2)nc1. The third kappa shape index (κ3) is 3.71. The van der Waals surface area contributed by atoms with Gasteiger partial charge in [0.25, 0.3) is 5.91 Å². The van der Waals surface area contributed by atoms with Crippen LogP contribution in [0.25, 0.3) is 0 Å². The lowest BCUT2D eigenvalue weighted by atomic mass is 10.2. The second-order valence-electron chi connectivity index (χ2n) is 5.56. The van der Waals surface area contributed by atoms with Crippen molar-refractivity contribution in [2.75, 3.05) is 25.5 Å². The van der Waals surface area contributed by atoms with Crippen LogP contribution in [-0.2, 0) is 4.79 Å².